The molecule has 2 heterocycles. The highest BCUT2D eigenvalue weighted by Crippen LogP contribution is 2.13. The molecule has 126 valence electrons. The van der Waals surface area contributed by atoms with E-state index >= 15 is 0 Å². The van der Waals surface area contributed by atoms with Gasteiger partial charge in [-0.2, -0.15) is 0 Å². The van der Waals surface area contributed by atoms with Crippen LogP contribution in [0.25, 0.3) is 0 Å². The molecular weight excluding hydrogens is 308 g/mol. The van der Waals surface area contributed by atoms with Crippen LogP contribution in [0.3, 0.4) is 0 Å². The van der Waals surface area contributed by atoms with Crippen LogP contribution in [-0.2, 0) is 13.6 Å². The van der Waals surface area contributed by atoms with E-state index < -0.39 is 4.92 Å². The van der Waals surface area contributed by atoms with Gasteiger partial charge in [-0.25, -0.2) is 0 Å². The summed E-state index contributed by atoms with van der Waals surface area (Å²) in [6.07, 6.45) is 2.04. The number of aryl methyl sites for hydroxylation is 1. The van der Waals surface area contributed by atoms with Gasteiger partial charge in [0.15, 0.2) is 0 Å². The van der Waals surface area contributed by atoms with Crippen LogP contribution in [0.5, 0.6) is 0 Å². The van der Waals surface area contributed by atoms with Crippen LogP contribution in [0.4, 0.5) is 5.69 Å². The fourth-order valence-electron chi connectivity index (χ4n) is 3.05. The number of amides is 1. The summed E-state index contributed by atoms with van der Waals surface area (Å²) in [5.74, 6) is -0.0529. The van der Waals surface area contributed by atoms with Crippen molar-refractivity contribution < 1.29 is 14.6 Å². The Morgan fingerprint density at radius 3 is 2.42 bits per heavy atom. The quantitative estimate of drug-likeness (QED) is 0.655. The van der Waals surface area contributed by atoms with Crippen molar-refractivity contribution in [2.45, 2.75) is 6.54 Å². The van der Waals surface area contributed by atoms with Crippen molar-refractivity contribution in [3.05, 3.63) is 64.0 Å². The molecule has 1 amide bonds. The standard InChI is InChI=1S/C17H20N4O3/c1-18-8-2-3-16(18)13-19-9-11-20(12-10-19)17(22)14-4-6-15(7-5-14)21(23)24/h2-8H,9-13H2,1H3/p+1. The van der Waals surface area contributed by atoms with Crippen molar-refractivity contribution in [3.63, 3.8) is 0 Å². The molecule has 1 fully saturated rings. The predicted molar refractivity (Wildman–Crippen MR) is 88.8 cm³/mol. The van der Waals surface area contributed by atoms with Crippen LogP contribution in [0.15, 0.2) is 42.6 Å². The number of nitro benzene ring substituents is 1. The maximum absolute atomic E-state index is 12.5. The molecule has 1 aromatic heterocycles. The second-order valence-electron chi connectivity index (χ2n) is 6.13. The van der Waals surface area contributed by atoms with E-state index in [1.165, 1.54) is 34.9 Å². The summed E-state index contributed by atoms with van der Waals surface area (Å²) in [6.45, 7) is 4.18. The first-order chi connectivity index (χ1) is 11.5. The van der Waals surface area contributed by atoms with E-state index in [0.29, 0.717) is 18.7 Å². The Labute approximate surface area is 140 Å². The summed E-state index contributed by atoms with van der Waals surface area (Å²) in [5, 5.41) is 10.7. The number of nitrogens with zero attached hydrogens (tertiary/aromatic N) is 3. The average molecular weight is 329 g/mol. The molecule has 2 aromatic rings. The lowest BCUT2D eigenvalue weighted by molar-refractivity contribution is -0.918. The lowest BCUT2D eigenvalue weighted by atomic mass is 10.1. The van der Waals surface area contributed by atoms with Gasteiger partial charge in [0.25, 0.3) is 11.6 Å². The zero-order chi connectivity index (χ0) is 17.1. The third-order valence-electron chi connectivity index (χ3n) is 4.57. The van der Waals surface area contributed by atoms with Gasteiger partial charge in [-0.05, 0) is 24.3 Å². The maximum Gasteiger partial charge on any atom is 0.269 e. The molecule has 0 aliphatic carbocycles. The Hall–Kier alpha value is -2.67. The Balaban J connectivity index is 1.57. The number of hydrogen-bond acceptors (Lipinski definition) is 3. The van der Waals surface area contributed by atoms with E-state index in [9.17, 15) is 14.9 Å². The highest BCUT2D eigenvalue weighted by atomic mass is 16.6. The molecular formula is C17H21N4O3+. The van der Waals surface area contributed by atoms with Gasteiger partial charge in [0, 0.05) is 30.9 Å². The molecule has 0 spiro atoms. The number of carbonyl (C=O) groups excluding carboxylic acids is 1. The van der Waals surface area contributed by atoms with Crippen molar-refractivity contribution in [1.82, 2.24) is 9.47 Å². The third-order valence-corrected chi connectivity index (χ3v) is 4.57. The molecule has 1 aliphatic rings. The van der Waals surface area contributed by atoms with Crippen molar-refractivity contribution in [1.29, 1.82) is 0 Å². The molecule has 0 bridgehead atoms. The lowest BCUT2D eigenvalue weighted by Crippen LogP contribution is -3.13. The van der Waals surface area contributed by atoms with Gasteiger partial charge < -0.3 is 14.4 Å². The van der Waals surface area contributed by atoms with Gasteiger partial charge in [0.05, 0.1) is 36.8 Å². The van der Waals surface area contributed by atoms with E-state index in [4.69, 9.17) is 0 Å². The topological polar surface area (TPSA) is 72.8 Å². The minimum Gasteiger partial charge on any atom is -0.350 e. The minimum atomic E-state index is -0.458. The number of hydrogen-bond donors (Lipinski definition) is 1. The number of nitrogens with one attached hydrogen (secondary N) is 1. The fraction of sp³-hybridized carbons (Fsp3) is 0.353. The van der Waals surface area contributed by atoms with E-state index in [0.717, 1.165) is 19.6 Å². The monoisotopic (exact) mass is 329 g/mol. The van der Waals surface area contributed by atoms with Gasteiger partial charge in [0.1, 0.15) is 6.54 Å². The largest absolute Gasteiger partial charge is 0.350 e. The summed E-state index contributed by atoms with van der Waals surface area (Å²) < 4.78 is 2.13. The van der Waals surface area contributed by atoms with Crippen molar-refractivity contribution >= 4 is 11.6 Å². The highest BCUT2D eigenvalue weighted by molar-refractivity contribution is 5.94. The Bertz CT molecular complexity index is 731. The number of carbonyl (C=O) groups is 1. The fourth-order valence-corrected chi connectivity index (χ4v) is 3.05. The van der Waals surface area contributed by atoms with Gasteiger partial charge in [-0.15, -0.1) is 0 Å². The molecule has 24 heavy (non-hydrogen) atoms. The first-order valence-electron chi connectivity index (χ1n) is 8.02. The zero-order valence-electron chi connectivity index (χ0n) is 13.6. The summed E-state index contributed by atoms with van der Waals surface area (Å²) >= 11 is 0. The first-order valence-corrected chi connectivity index (χ1v) is 8.02. The maximum atomic E-state index is 12.5. The SMILES string of the molecule is Cn1cccc1C[NH+]1CCN(C(=O)c2ccc([N+](=O)[O-])cc2)CC1. The summed E-state index contributed by atoms with van der Waals surface area (Å²) in [6, 6.07) is 9.99. The Morgan fingerprint density at radius 2 is 1.88 bits per heavy atom. The summed E-state index contributed by atoms with van der Waals surface area (Å²) in [4.78, 5) is 26.0. The molecule has 1 N–H and O–H groups in total. The molecule has 3 rings (SSSR count). The van der Waals surface area contributed by atoms with E-state index in [-0.39, 0.29) is 11.6 Å². The molecule has 0 radical (unpaired) electrons. The highest BCUT2D eigenvalue weighted by Gasteiger charge is 2.25. The van der Waals surface area contributed by atoms with E-state index in [2.05, 4.69) is 10.6 Å². The number of non-ortho nitro benzene ring substituents is 1. The van der Waals surface area contributed by atoms with E-state index in [1.807, 2.05) is 24.2 Å². The Morgan fingerprint density at radius 1 is 1.21 bits per heavy atom. The van der Waals surface area contributed by atoms with Crippen LogP contribution in [0.1, 0.15) is 16.1 Å². The van der Waals surface area contributed by atoms with Gasteiger partial charge in [-0.1, -0.05) is 0 Å². The molecule has 1 aliphatic heterocycles. The van der Waals surface area contributed by atoms with Crippen LogP contribution < -0.4 is 4.90 Å². The molecule has 7 nitrogen and oxygen atoms in total. The van der Waals surface area contributed by atoms with Crippen molar-refractivity contribution in [2.24, 2.45) is 7.05 Å². The Kier molecular flexibility index (Phi) is 4.61. The van der Waals surface area contributed by atoms with Gasteiger partial charge in [0.2, 0.25) is 0 Å². The predicted octanol–water partition coefficient (Wildman–Crippen LogP) is 0.474. The molecule has 0 atom stereocenters. The van der Waals surface area contributed by atoms with Crippen molar-refractivity contribution in [3.8, 4) is 0 Å². The number of rotatable bonds is 4. The second kappa shape index (κ2) is 6.84. The number of aromatic nitrogens is 1. The smallest absolute Gasteiger partial charge is 0.269 e. The zero-order valence-corrected chi connectivity index (χ0v) is 13.6. The van der Waals surface area contributed by atoms with Gasteiger partial charge >= 0.3 is 0 Å². The van der Waals surface area contributed by atoms with E-state index in [1.54, 1.807) is 0 Å². The average Bonchev–Trinajstić information content (AvgIpc) is 3.00. The van der Waals surface area contributed by atoms with Gasteiger partial charge in [-0.3, -0.25) is 14.9 Å². The summed E-state index contributed by atoms with van der Waals surface area (Å²) in [7, 11) is 2.04. The third kappa shape index (κ3) is 3.46. The molecule has 1 saturated heterocycles. The second-order valence-corrected chi connectivity index (χ2v) is 6.13. The molecule has 0 unspecified atom stereocenters. The lowest BCUT2D eigenvalue weighted by Gasteiger charge is -2.32. The molecule has 0 saturated carbocycles. The summed E-state index contributed by atoms with van der Waals surface area (Å²) in [5.41, 5.74) is 1.80. The number of benzene rings is 1. The van der Waals surface area contributed by atoms with Crippen LogP contribution in [0, 0.1) is 10.1 Å². The molecule has 1 aromatic carbocycles. The normalized spacial score (nSPS) is 15.5. The minimum absolute atomic E-state index is 0.00313. The first kappa shape index (κ1) is 16.2. The van der Waals surface area contributed by atoms with Crippen LogP contribution in [-0.4, -0.2) is 46.5 Å². The van der Waals surface area contributed by atoms with Crippen molar-refractivity contribution in [2.75, 3.05) is 26.2 Å². The molecule has 7 heteroatoms. The number of piperazine rings is 1. The van der Waals surface area contributed by atoms with Crippen LogP contribution >= 0.6 is 0 Å². The number of quaternary nitrogens is 1. The van der Waals surface area contributed by atoms with Crippen LogP contribution in [0.2, 0.25) is 0 Å². The number of nitro groups is 1.